The number of hydrogen-bond donors (Lipinski definition) is 1. The fraction of sp³-hybridized carbons (Fsp3) is 0.435. The minimum atomic E-state index is -0.201. The van der Waals surface area contributed by atoms with Crippen molar-refractivity contribution in [3.05, 3.63) is 59.9 Å². The van der Waals surface area contributed by atoms with Gasteiger partial charge in [-0.2, -0.15) is 0 Å². The zero-order valence-electron chi connectivity index (χ0n) is 16.2. The lowest BCUT2D eigenvalue weighted by molar-refractivity contribution is -0.121. The smallest absolute Gasteiger partial charge is 0.227 e. The monoisotopic (exact) mass is 381 g/mol. The van der Waals surface area contributed by atoms with Crippen LogP contribution in [0.15, 0.2) is 48.5 Å². The molecule has 2 heterocycles. The highest BCUT2D eigenvalue weighted by molar-refractivity contribution is 5.92. The van der Waals surface area contributed by atoms with E-state index in [1.807, 2.05) is 24.3 Å². The summed E-state index contributed by atoms with van der Waals surface area (Å²) in [4.78, 5) is 17.4. The van der Waals surface area contributed by atoms with Crippen LogP contribution in [-0.2, 0) is 11.3 Å². The first-order chi connectivity index (χ1) is 13.7. The van der Waals surface area contributed by atoms with Gasteiger partial charge in [-0.05, 0) is 80.7 Å². The molecule has 0 unspecified atom stereocenters. The Kier molecular flexibility index (Phi) is 5.91. The van der Waals surface area contributed by atoms with Crippen LogP contribution in [0.3, 0.4) is 0 Å². The molecule has 0 atom stereocenters. The molecule has 0 spiro atoms. The van der Waals surface area contributed by atoms with Gasteiger partial charge in [-0.25, -0.2) is 4.39 Å². The molecule has 0 radical (unpaired) electrons. The summed E-state index contributed by atoms with van der Waals surface area (Å²) in [7, 11) is 0. The zero-order chi connectivity index (χ0) is 19.3. The van der Waals surface area contributed by atoms with Gasteiger partial charge >= 0.3 is 0 Å². The molecular formula is C23H28FN3O. The lowest BCUT2D eigenvalue weighted by Crippen LogP contribution is -2.37. The van der Waals surface area contributed by atoms with E-state index in [1.165, 1.54) is 30.7 Å². The summed E-state index contributed by atoms with van der Waals surface area (Å²) in [6.45, 7) is 4.85. The molecule has 2 fully saturated rings. The Labute approximate surface area is 166 Å². The largest absolute Gasteiger partial charge is 0.372 e. The van der Waals surface area contributed by atoms with Crippen molar-refractivity contribution in [3.8, 4) is 0 Å². The number of piperidine rings is 1. The third-order valence-electron chi connectivity index (χ3n) is 5.88. The van der Waals surface area contributed by atoms with Crippen molar-refractivity contribution in [2.75, 3.05) is 36.4 Å². The Hall–Kier alpha value is -2.40. The number of carbonyl (C=O) groups is 1. The Morgan fingerprint density at radius 2 is 1.57 bits per heavy atom. The molecule has 1 amide bonds. The second-order valence-electron chi connectivity index (χ2n) is 7.91. The standard InChI is InChI=1S/C23H28FN3O/c24-20-5-3-18(4-6-20)17-26-15-11-19(12-16-26)23(28)25-21-7-9-22(10-8-21)27-13-1-2-14-27/h3-10,19H,1-2,11-17H2,(H,25,28). The van der Waals surface area contributed by atoms with Crippen LogP contribution in [0.4, 0.5) is 15.8 Å². The maximum atomic E-state index is 13.0. The Balaban J connectivity index is 1.25. The summed E-state index contributed by atoms with van der Waals surface area (Å²) >= 11 is 0. The summed E-state index contributed by atoms with van der Waals surface area (Å²) in [5.41, 5.74) is 3.23. The molecule has 148 valence electrons. The van der Waals surface area contributed by atoms with Gasteiger partial charge in [0.15, 0.2) is 0 Å². The number of anilines is 2. The molecule has 0 aromatic heterocycles. The topological polar surface area (TPSA) is 35.6 Å². The number of nitrogens with one attached hydrogen (secondary N) is 1. The maximum absolute atomic E-state index is 13.0. The van der Waals surface area contributed by atoms with E-state index in [0.717, 1.165) is 56.8 Å². The summed E-state index contributed by atoms with van der Waals surface area (Å²) in [6.07, 6.45) is 4.24. The number of benzene rings is 2. The Morgan fingerprint density at radius 3 is 2.21 bits per heavy atom. The van der Waals surface area contributed by atoms with E-state index in [0.29, 0.717) is 0 Å². The van der Waals surface area contributed by atoms with E-state index in [1.54, 1.807) is 0 Å². The lowest BCUT2D eigenvalue weighted by atomic mass is 9.95. The van der Waals surface area contributed by atoms with Gasteiger partial charge in [0.1, 0.15) is 5.82 Å². The molecule has 1 N–H and O–H groups in total. The minimum Gasteiger partial charge on any atom is -0.372 e. The second kappa shape index (κ2) is 8.74. The number of amides is 1. The van der Waals surface area contributed by atoms with Gasteiger partial charge in [0.2, 0.25) is 5.91 Å². The van der Waals surface area contributed by atoms with Gasteiger partial charge in [0.25, 0.3) is 0 Å². The summed E-state index contributed by atoms with van der Waals surface area (Å²) < 4.78 is 13.0. The first-order valence-electron chi connectivity index (χ1n) is 10.3. The molecule has 2 aliphatic rings. The van der Waals surface area contributed by atoms with E-state index in [4.69, 9.17) is 0 Å². The van der Waals surface area contributed by atoms with Crippen LogP contribution in [-0.4, -0.2) is 37.0 Å². The second-order valence-corrected chi connectivity index (χ2v) is 7.91. The highest BCUT2D eigenvalue weighted by atomic mass is 19.1. The van der Waals surface area contributed by atoms with E-state index in [9.17, 15) is 9.18 Å². The van der Waals surface area contributed by atoms with Crippen molar-refractivity contribution in [1.29, 1.82) is 0 Å². The van der Waals surface area contributed by atoms with Crippen molar-refractivity contribution < 1.29 is 9.18 Å². The highest BCUT2D eigenvalue weighted by Crippen LogP contribution is 2.24. The predicted molar refractivity (Wildman–Crippen MR) is 111 cm³/mol. The molecule has 28 heavy (non-hydrogen) atoms. The van der Waals surface area contributed by atoms with Crippen LogP contribution >= 0.6 is 0 Å². The number of rotatable bonds is 5. The summed E-state index contributed by atoms with van der Waals surface area (Å²) in [5, 5.41) is 3.08. The van der Waals surface area contributed by atoms with Crippen LogP contribution in [0.2, 0.25) is 0 Å². The third-order valence-corrected chi connectivity index (χ3v) is 5.88. The average Bonchev–Trinajstić information content (AvgIpc) is 3.26. The maximum Gasteiger partial charge on any atom is 0.227 e. The Bertz CT molecular complexity index is 776. The number of carbonyl (C=O) groups excluding carboxylic acids is 1. The van der Waals surface area contributed by atoms with Crippen LogP contribution in [0.5, 0.6) is 0 Å². The van der Waals surface area contributed by atoms with E-state index >= 15 is 0 Å². The number of likely N-dealkylation sites (tertiary alicyclic amines) is 1. The molecule has 5 heteroatoms. The molecular weight excluding hydrogens is 353 g/mol. The SMILES string of the molecule is O=C(Nc1ccc(N2CCCC2)cc1)C1CCN(Cc2ccc(F)cc2)CC1. The van der Waals surface area contributed by atoms with Gasteiger partial charge in [-0.15, -0.1) is 0 Å². The van der Waals surface area contributed by atoms with Gasteiger partial charge < -0.3 is 10.2 Å². The van der Waals surface area contributed by atoms with Crippen molar-refractivity contribution in [1.82, 2.24) is 4.90 Å². The highest BCUT2D eigenvalue weighted by Gasteiger charge is 2.25. The van der Waals surface area contributed by atoms with E-state index in [-0.39, 0.29) is 17.6 Å². The summed E-state index contributed by atoms with van der Waals surface area (Å²) in [5.74, 6) is -0.0225. The average molecular weight is 381 g/mol. The number of nitrogens with zero attached hydrogens (tertiary/aromatic N) is 2. The van der Waals surface area contributed by atoms with Gasteiger partial charge in [-0.1, -0.05) is 12.1 Å². The van der Waals surface area contributed by atoms with Crippen molar-refractivity contribution >= 4 is 17.3 Å². The molecule has 0 saturated carbocycles. The molecule has 4 rings (SSSR count). The molecule has 2 aromatic carbocycles. The van der Waals surface area contributed by atoms with Crippen LogP contribution < -0.4 is 10.2 Å². The van der Waals surface area contributed by atoms with Gasteiger partial charge in [0, 0.05) is 36.9 Å². The van der Waals surface area contributed by atoms with Gasteiger partial charge in [0.05, 0.1) is 0 Å². The summed E-state index contributed by atoms with van der Waals surface area (Å²) in [6, 6.07) is 14.9. The lowest BCUT2D eigenvalue weighted by Gasteiger charge is -2.31. The molecule has 0 aliphatic carbocycles. The molecule has 2 aromatic rings. The fourth-order valence-corrected chi connectivity index (χ4v) is 4.18. The van der Waals surface area contributed by atoms with Crippen molar-refractivity contribution in [3.63, 3.8) is 0 Å². The first-order valence-corrected chi connectivity index (χ1v) is 10.3. The number of hydrogen-bond acceptors (Lipinski definition) is 3. The quantitative estimate of drug-likeness (QED) is 0.840. The van der Waals surface area contributed by atoms with E-state index < -0.39 is 0 Å². The van der Waals surface area contributed by atoms with Crippen LogP contribution in [0, 0.1) is 11.7 Å². The Morgan fingerprint density at radius 1 is 0.929 bits per heavy atom. The molecule has 2 saturated heterocycles. The first kappa shape index (κ1) is 18.9. The predicted octanol–water partition coefficient (Wildman–Crippen LogP) is 4.28. The molecule has 0 bridgehead atoms. The minimum absolute atomic E-state index is 0.0581. The van der Waals surface area contributed by atoms with E-state index in [2.05, 4.69) is 27.2 Å². The molecule has 2 aliphatic heterocycles. The normalized spacial score (nSPS) is 18.4. The van der Waals surface area contributed by atoms with Crippen LogP contribution in [0.1, 0.15) is 31.2 Å². The fourth-order valence-electron chi connectivity index (χ4n) is 4.18. The van der Waals surface area contributed by atoms with Crippen molar-refractivity contribution in [2.45, 2.75) is 32.2 Å². The zero-order valence-corrected chi connectivity index (χ0v) is 16.2. The van der Waals surface area contributed by atoms with Crippen molar-refractivity contribution in [2.24, 2.45) is 5.92 Å². The number of halogens is 1. The van der Waals surface area contributed by atoms with Gasteiger partial charge in [-0.3, -0.25) is 9.69 Å². The van der Waals surface area contributed by atoms with Crippen LogP contribution in [0.25, 0.3) is 0 Å². The molecule has 4 nitrogen and oxygen atoms in total. The third kappa shape index (κ3) is 4.71.